The first-order valence-electron chi connectivity index (χ1n) is 10.9. The van der Waals surface area contributed by atoms with Gasteiger partial charge < -0.3 is 19.5 Å². The summed E-state index contributed by atoms with van der Waals surface area (Å²) in [5.41, 5.74) is 3.67. The van der Waals surface area contributed by atoms with Crippen molar-refractivity contribution in [2.45, 2.75) is 6.04 Å². The molecule has 32 heavy (non-hydrogen) atoms. The smallest absolute Gasteiger partial charge is 0.182 e. The van der Waals surface area contributed by atoms with E-state index < -0.39 is 0 Å². The van der Waals surface area contributed by atoms with Gasteiger partial charge in [-0.05, 0) is 12.1 Å². The lowest BCUT2D eigenvalue weighted by Gasteiger charge is -2.45. The van der Waals surface area contributed by atoms with Crippen LogP contribution in [0.1, 0.15) is 10.4 Å². The molecule has 0 radical (unpaired) electrons. The number of Topliss-reactive ketones (excluding diaryl/α,β-unsaturated/α-hetero) is 1. The average Bonchev–Trinajstić information content (AvgIpc) is 3.33. The third-order valence-corrected chi connectivity index (χ3v) is 6.29. The van der Waals surface area contributed by atoms with Gasteiger partial charge in [0.2, 0.25) is 0 Å². The number of aromatic nitrogens is 3. The van der Waals surface area contributed by atoms with Crippen LogP contribution in [0, 0.1) is 0 Å². The zero-order valence-corrected chi connectivity index (χ0v) is 17.6. The fourth-order valence-corrected chi connectivity index (χ4v) is 4.69. The molecule has 1 unspecified atom stereocenters. The van der Waals surface area contributed by atoms with Gasteiger partial charge >= 0.3 is 0 Å². The van der Waals surface area contributed by atoms with Crippen LogP contribution in [0.3, 0.4) is 0 Å². The highest BCUT2D eigenvalue weighted by Crippen LogP contribution is 2.37. The van der Waals surface area contributed by atoms with Crippen LogP contribution >= 0.6 is 0 Å². The normalized spacial score (nSPS) is 17.8. The number of nitrogens with one attached hydrogen (secondary N) is 1. The molecule has 1 fully saturated rings. The number of H-pyrrole nitrogens is 1. The van der Waals surface area contributed by atoms with Crippen molar-refractivity contribution in [3.05, 3.63) is 72.6 Å². The summed E-state index contributed by atoms with van der Waals surface area (Å²) < 4.78 is 5.75. The number of benzene rings is 2. The molecule has 6 rings (SSSR count). The van der Waals surface area contributed by atoms with E-state index in [0.717, 1.165) is 34.5 Å². The van der Waals surface area contributed by atoms with Crippen molar-refractivity contribution in [1.29, 1.82) is 0 Å². The Hall–Kier alpha value is -3.71. The molecule has 0 amide bonds. The lowest BCUT2D eigenvalue weighted by Crippen LogP contribution is -2.56. The van der Waals surface area contributed by atoms with Crippen molar-refractivity contribution >= 4 is 28.2 Å². The summed E-state index contributed by atoms with van der Waals surface area (Å²) >= 11 is 0. The third-order valence-electron chi connectivity index (χ3n) is 6.29. The lowest BCUT2D eigenvalue weighted by molar-refractivity contribution is 0.0916. The van der Waals surface area contributed by atoms with Crippen LogP contribution < -0.4 is 9.80 Å². The van der Waals surface area contributed by atoms with Gasteiger partial charge in [-0.3, -0.25) is 4.79 Å². The summed E-state index contributed by atoms with van der Waals surface area (Å²) in [7, 11) is 0. The summed E-state index contributed by atoms with van der Waals surface area (Å²) in [5.74, 6) is 1.65. The van der Waals surface area contributed by atoms with E-state index >= 15 is 0 Å². The first kappa shape index (κ1) is 19.0. The topological polar surface area (TPSA) is 74.3 Å². The Labute approximate surface area is 185 Å². The molecule has 7 nitrogen and oxygen atoms in total. The number of hydrogen-bond donors (Lipinski definition) is 1. The zero-order valence-electron chi connectivity index (χ0n) is 17.6. The van der Waals surface area contributed by atoms with Crippen molar-refractivity contribution in [3.8, 4) is 11.4 Å². The molecule has 4 heterocycles. The fourth-order valence-electron chi connectivity index (χ4n) is 4.69. The number of carbonyl (C=O) groups excluding carboxylic acids is 1. The van der Waals surface area contributed by atoms with E-state index in [4.69, 9.17) is 14.7 Å². The minimum absolute atomic E-state index is 0.0860. The number of nitrogens with zero attached hydrogens (tertiary/aromatic N) is 4. The van der Waals surface area contributed by atoms with Gasteiger partial charge in [0.1, 0.15) is 0 Å². The summed E-state index contributed by atoms with van der Waals surface area (Å²) in [6.07, 6.45) is 3.80. The van der Waals surface area contributed by atoms with Crippen LogP contribution in [-0.4, -0.2) is 59.6 Å². The summed E-state index contributed by atoms with van der Waals surface area (Å²) in [6.45, 7) is 3.08. The molecule has 0 bridgehead atoms. The van der Waals surface area contributed by atoms with E-state index in [9.17, 15) is 4.79 Å². The second-order valence-corrected chi connectivity index (χ2v) is 8.24. The van der Waals surface area contributed by atoms with E-state index in [1.807, 2.05) is 60.9 Å². The SMILES string of the molecule is O=C(CN1CC2COCCN2c2nc(-c3cccc4[nH]ccc34)ncc21)c1ccccc1. The number of morpholine rings is 1. The molecular formula is C25H23N5O2. The maximum Gasteiger partial charge on any atom is 0.182 e. The minimum atomic E-state index is 0.0860. The molecule has 160 valence electrons. The first-order chi connectivity index (χ1) is 15.8. The van der Waals surface area contributed by atoms with Crippen LogP contribution in [-0.2, 0) is 4.74 Å². The highest BCUT2D eigenvalue weighted by Gasteiger charge is 2.35. The predicted octanol–water partition coefficient (Wildman–Crippen LogP) is 3.53. The van der Waals surface area contributed by atoms with Gasteiger partial charge in [-0.15, -0.1) is 0 Å². The van der Waals surface area contributed by atoms with Crippen LogP contribution in [0.25, 0.3) is 22.3 Å². The predicted molar refractivity (Wildman–Crippen MR) is 124 cm³/mol. The molecule has 1 N–H and O–H groups in total. The average molecular weight is 425 g/mol. The zero-order chi connectivity index (χ0) is 21.5. The van der Waals surface area contributed by atoms with Crippen molar-refractivity contribution < 1.29 is 9.53 Å². The van der Waals surface area contributed by atoms with Crippen molar-refractivity contribution in [2.24, 2.45) is 0 Å². The number of ether oxygens (including phenoxy) is 1. The fraction of sp³-hybridized carbons (Fsp3) is 0.240. The van der Waals surface area contributed by atoms with Gasteiger partial charge in [0.05, 0.1) is 37.7 Å². The van der Waals surface area contributed by atoms with E-state index in [-0.39, 0.29) is 18.4 Å². The second kappa shape index (κ2) is 7.76. The number of fused-ring (bicyclic) bond motifs is 4. The molecule has 2 aromatic heterocycles. The number of hydrogen-bond acceptors (Lipinski definition) is 6. The molecule has 1 saturated heterocycles. The van der Waals surface area contributed by atoms with Gasteiger partial charge in [0.15, 0.2) is 17.4 Å². The minimum Gasteiger partial charge on any atom is -0.377 e. The van der Waals surface area contributed by atoms with Crippen LogP contribution in [0.2, 0.25) is 0 Å². The molecule has 4 aromatic rings. The van der Waals surface area contributed by atoms with E-state index in [1.54, 1.807) is 0 Å². The molecule has 2 aliphatic rings. The summed E-state index contributed by atoms with van der Waals surface area (Å²) in [4.78, 5) is 30.4. The number of ketones is 1. The van der Waals surface area contributed by atoms with E-state index in [1.165, 1.54) is 0 Å². The number of carbonyl (C=O) groups is 1. The number of rotatable bonds is 4. The number of anilines is 2. The van der Waals surface area contributed by atoms with E-state index in [2.05, 4.69) is 20.9 Å². The van der Waals surface area contributed by atoms with Crippen LogP contribution in [0.5, 0.6) is 0 Å². The van der Waals surface area contributed by atoms with E-state index in [0.29, 0.717) is 31.1 Å². The Morgan fingerprint density at radius 1 is 1.12 bits per heavy atom. The van der Waals surface area contributed by atoms with Crippen LogP contribution in [0.4, 0.5) is 11.5 Å². The third kappa shape index (κ3) is 3.22. The van der Waals surface area contributed by atoms with Crippen molar-refractivity contribution in [3.63, 3.8) is 0 Å². The first-order valence-corrected chi connectivity index (χ1v) is 10.9. The quantitative estimate of drug-likeness (QED) is 0.504. The Morgan fingerprint density at radius 3 is 2.94 bits per heavy atom. The van der Waals surface area contributed by atoms with Gasteiger partial charge in [0.25, 0.3) is 0 Å². The highest BCUT2D eigenvalue weighted by atomic mass is 16.5. The Balaban J connectivity index is 1.41. The Bertz CT molecular complexity index is 1290. The molecule has 7 heteroatoms. The molecule has 0 aliphatic carbocycles. The largest absolute Gasteiger partial charge is 0.377 e. The van der Waals surface area contributed by atoms with Gasteiger partial charge in [-0.1, -0.05) is 42.5 Å². The molecule has 0 saturated carbocycles. The molecule has 2 aliphatic heterocycles. The molecule has 0 spiro atoms. The summed E-state index contributed by atoms with van der Waals surface area (Å²) in [5, 5.41) is 1.10. The van der Waals surface area contributed by atoms with Crippen LogP contribution in [0.15, 0.2) is 67.0 Å². The Morgan fingerprint density at radius 2 is 2.03 bits per heavy atom. The molecular weight excluding hydrogens is 402 g/mol. The van der Waals surface area contributed by atoms with Gasteiger partial charge in [0, 0.05) is 41.3 Å². The molecule has 1 atom stereocenters. The maximum atomic E-state index is 13.0. The second-order valence-electron chi connectivity index (χ2n) is 8.24. The number of aromatic amines is 1. The van der Waals surface area contributed by atoms with Gasteiger partial charge in [-0.2, -0.15) is 0 Å². The van der Waals surface area contributed by atoms with Crippen molar-refractivity contribution in [1.82, 2.24) is 15.0 Å². The standard InChI is InChI=1S/C25H23N5O2/c31-23(17-5-2-1-3-6-17)15-29-14-18-16-32-12-11-30(18)25-22(29)13-27-24(28-25)20-7-4-8-21-19(20)9-10-26-21/h1-10,13,18,26H,11-12,14-16H2. The molecule has 2 aromatic carbocycles. The van der Waals surface area contributed by atoms with Crippen molar-refractivity contribution in [2.75, 3.05) is 42.6 Å². The summed E-state index contributed by atoms with van der Waals surface area (Å²) in [6, 6.07) is 17.8. The maximum absolute atomic E-state index is 13.0. The highest BCUT2D eigenvalue weighted by molar-refractivity contribution is 6.00. The lowest BCUT2D eigenvalue weighted by atomic mass is 10.1. The van der Waals surface area contributed by atoms with Gasteiger partial charge in [-0.25, -0.2) is 9.97 Å². The Kier molecular flexibility index (Phi) is 4.61. The monoisotopic (exact) mass is 425 g/mol.